The van der Waals surface area contributed by atoms with Crippen molar-refractivity contribution in [2.45, 2.75) is 31.9 Å². The first-order valence-corrected chi connectivity index (χ1v) is 10.0. The van der Waals surface area contributed by atoms with Gasteiger partial charge in [0, 0.05) is 17.2 Å². The summed E-state index contributed by atoms with van der Waals surface area (Å²) in [4.78, 5) is 0. The van der Waals surface area contributed by atoms with Crippen LogP contribution in [0.25, 0.3) is 21.9 Å². The molecule has 0 spiro atoms. The van der Waals surface area contributed by atoms with Gasteiger partial charge in [0.25, 0.3) is 0 Å². The predicted octanol–water partition coefficient (Wildman–Crippen LogP) is 7.77. The normalized spacial score (nSPS) is 18.6. The summed E-state index contributed by atoms with van der Waals surface area (Å²) in [7, 11) is 0. The minimum atomic E-state index is -4.82. The third kappa shape index (κ3) is 4.64. The maximum atomic E-state index is 14.6. The van der Waals surface area contributed by atoms with Gasteiger partial charge in [-0.2, -0.15) is 13.2 Å². The lowest BCUT2D eigenvalue weighted by molar-refractivity contribution is -0.0696. The molecular weight excluding hydrogens is 407 g/mol. The van der Waals surface area contributed by atoms with Crippen LogP contribution in [0.3, 0.4) is 0 Å². The lowest BCUT2D eigenvalue weighted by Crippen LogP contribution is -2.04. The van der Waals surface area contributed by atoms with Crippen LogP contribution in [0.2, 0.25) is 0 Å². The second-order valence-electron chi connectivity index (χ2n) is 7.90. The number of alkyl halides is 3. The van der Waals surface area contributed by atoms with Crippen LogP contribution in [0, 0.1) is 29.4 Å². The second kappa shape index (κ2) is 8.19. The molecule has 2 unspecified atom stereocenters. The third-order valence-electron chi connectivity index (χ3n) is 5.63. The van der Waals surface area contributed by atoms with Crippen LogP contribution >= 0.6 is 0 Å². The number of hydrogen-bond donors (Lipinski definition) is 0. The number of allylic oxidation sites excluding steroid dienone is 2. The molecule has 0 aliphatic heterocycles. The van der Waals surface area contributed by atoms with Crippen molar-refractivity contribution in [3.05, 3.63) is 83.4 Å². The van der Waals surface area contributed by atoms with Gasteiger partial charge in [0.2, 0.25) is 0 Å². The number of rotatable bonds is 2. The molecule has 0 radical (unpaired) electrons. The number of fused-ring (bicyclic) bond motifs is 1. The van der Waals surface area contributed by atoms with Crippen molar-refractivity contribution in [2.24, 2.45) is 5.92 Å². The molecule has 0 saturated carbocycles. The lowest BCUT2D eigenvalue weighted by Gasteiger charge is -2.20. The summed E-state index contributed by atoms with van der Waals surface area (Å²) in [6, 6.07) is 13.8. The van der Waals surface area contributed by atoms with Crippen LogP contribution in [0.1, 0.15) is 36.8 Å². The zero-order valence-corrected chi connectivity index (χ0v) is 16.7. The zero-order valence-electron chi connectivity index (χ0n) is 16.7. The fourth-order valence-electron chi connectivity index (χ4n) is 3.92. The Hall–Kier alpha value is -3.13. The first-order valence-electron chi connectivity index (χ1n) is 10.0. The summed E-state index contributed by atoms with van der Waals surface area (Å²) >= 11 is 0. The van der Waals surface area contributed by atoms with E-state index in [9.17, 15) is 22.0 Å². The molecule has 31 heavy (non-hydrogen) atoms. The minimum Gasteiger partial charge on any atom is -0.205 e. The number of halogens is 5. The molecule has 0 bridgehead atoms. The maximum Gasteiger partial charge on any atom is 0.458 e. The molecule has 0 amide bonds. The topological polar surface area (TPSA) is 0 Å². The highest BCUT2D eigenvalue weighted by molar-refractivity contribution is 5.89. The summed E-state index contributed by atoms with van der Waals surface area (Å²) < 4.78 is 65.8. The first-order chi connectivity index (χ1) is 14.7. The SMILES string of the molecule is CC1C=CC(c2ccc(-c3ccc4c(F)c(C#CC(F)(F)F)c(F)cc4c3)cc2)CC1. The van der Waals surface area contributed by atoms with E-state index < -0.39 is 23.4 Å². The summed E-state index contributed by atoms with van der Waals surface area (Å²) in [6.07, 6.45) is 1.91. The van der Waals surface area contributed by atoms with E-state index >= 15 is 0 Å². The fraction of sp³-hybridized carbons (Fsp3) is 0.231. The Kier molecular flexibility index (Phi) is 5.58. The molecule has 3 aromatic rings. The van der Waals surface area contributed by atoms with Gasteiger partial charge in [-0.25, -0.2) is 8.78 Å². The van der Waals surface area contributed by atoms with Gasteiger partial charge in [-0.15, -0.1) is 0 Å². The van der Waals surface area contributed by atoms with Crippen molar-refractivity contribution < 1.29 is 22.0 Å². The van der Waals surface area contributed by atoms with Gasteiger partial charge in [-0.3, -0.25) is 0 Å². The molecule has 5 heteroatoms. The van der Waals surface area contributed by atoms with Gasteiger partial charge < -0.3 is 0 Å². The van der Waals surface area contributed by atoms with E-state index in [1.54, 1.807) is 18.1 Å². The Balaban J connectivity index is 1.66. The Bertz CT molecular complexity index is 1210. The van der Waals surface area contributed by atoms with Gasteiger partial charge in [-0.1, -0.05) is 61.4 Å². The molecule has 0 nitrogen and oxygen atoms in total. The van der Waals surface area contributed by atoms with Crippen LogP contribution in [0.15, 0.2) is 60.7 Å². The van der Waals surface area contributed by atoms with Gasteiger partial charge in [-0.05, 0) is 53.0 Å². The Morgan fingerprint density at radius 1 is 0.871 bits per heavy atom. The Morgan fingerprint density at radius 3 is 2.23 bits per heavy atom. The van der Waals surface area contributed by atoms with Gasteiger partial charge in [0.1, 0.15) is 11.6 Å². The van der Waals surface area contributed by atoms with E-state index in [0.717, 1.165) is 36.0 Å². The standard InChI is InChI=1S/C26H19F5/c1-16-2-4-17(5-3-16)18-6-8-19(9-7-18)20-10-11-22-21(14-20)15-24(27)23(25(22)28)12-13-26(29,30)31/h2,4,6-11,14-17H,3,5H2,1H3. The van der Waals surface area contributed by atoms with Crippen molar-refractivity contribution in [1.82, 2.24) is 0 Å². The quantitative estimate of drug-likeness (QED) is 0.223. The maximum absolute atomic E-state index is 14.6. The molecular formula is C26H19F5. The molecule has 0 fully saturated rings. The second-order valence-corrected chi connectivity index (χ2v) is 7.90. The molecule has 1 aliphatic rings. The van der Waals surface area contributed by atoms with Crippen molar-refractivity contribution in [3.8, 4) is 23.0 Å². The minimum absolute atomic E-state index is 0.0229. The van der Waals surface area contributed by atoms with E-state index in [-0.39, 0.29) is 10.8 Å². The fourth-order valence-corrected chi connectivity index (χ4v) is 3.92. The molecule has 0 saturated heterocycles. The van der Waals surface area contributed by atoms with Crippen molar-refractivity contribution in [3.63, 3.8) is 0 Å². The number of hydrogen-bond acceptors (Lipinski definition) is 0. The van der Waals surface area contributed by atoms with E-state index in [1.807, 2.05) is 12.1 Å². The van der Waals surface area contributed by atoms with Crippen LogP contribution in [0.4, 0.5) is 22.0 Å². The van der Waals surface area contributed by atoms with Crippen LogP contribution in [-0.2, 0) is 0 Å². The smallest absolute Gasteiger partial charge is 0.205 e. The predicted molar refractivity (Wildman–Crippen MR) is 113 cm³/mol. The lowest BCUT2D eigenvalue weighted by atomic mass is 9.85. The van der Waals surface area contributed by atoms with Crippen LogP contribution < -0.4 is 0 Å². The molecule has 0 N–H and O–H groups in total. The summed E-state index contributed by atoms with van der Waals surface area (Å²) in [5.74, 6) is 1.28. The van der Waals surface area contributed by atoms with Crippen molar-refractivity contribution in [1.29, 1.82) is 0 Å². The van der Waals surface area contributed by atoms with Crippen molar-refractivity contribution >= 4 is 10.8 Å². The van der Waals surface area contributed by atoms with Gasteiger partial charge in [0.05, 0.1) is 5.56 Å². The monoisotopic (exact) mass is 426 g/mol. The average Bonchev–Trinajstić information content (AvgIpc) is 2.73. The Morgan fingerprint density at radius 2 is 1.58 bits per heavy atom. The van der Waals surface area contributed by atoms with Crippen molar-refractivity contribution in [2.75, 3.05) is 0 Å². The molecule has 1 aliphatic carbocycles. The summed E-state index contributed by atoms with van der Waals surface area (Å²) in [5.41, 5.74) is 2.00. The van der Waals surface area contributed by atoms with Crippen LogP contribution in [-0.4, -0.2) is 6.18 Å². The summed E-state index contributed by atoms with van der Waals surface area (Å²) in [5, 5.41) is 0.285. The molecule has 0 aromatic heterocycles. The van der Waals surface area contributed by atoms with Gasteiger partial charge >= 0.3 is 6.18 Å². The van der Waals surface area contributed by atoms with E-state index in [0.29, 0.717) is 11.8 Å². The van der Waals surface area contributed by atoms with E-state index in [2.05, 4.69) is 31.2 Å². The molecule has 4 rings (SSSR count). The first kappa shape index (κ1) is 21.1. The zero-order chi connectivity index (χ0) is 22.2. The van der Waals surface area contributed by atoms with Gasteiger partial charge in [0.15, 0.2) is 0 Å². The van der Waals surface area contributed by atoms with E-state index in [1.165, 1.54) is 11.6 Å². The highest BCUT2D eigenvalue weighted by atomic mass is 19.4. The molecule has 3 aromatic carbocycles. The highest BCUT2D eigenvalue weighted by Crippen LogP contribution is 2.33. The largest absolute Gasteiger partial charge is 0.458 e. The van der Waals surface area contributed by atoms with Crippen LogP contribution in [0.5, 0.6) is 0 Å². The van der Waals surface area contributed by atoms with E-state index in [4.69, 9.17) is 0 Å². The number of benzene rings is 3. The average molecular weight is 426 g/mol. The molecule has 158 valence electrons. The summed E-state index contributed by atoms with van der Waals surface area (Å²) in [6.45, 7) is 2.20. The third-order valence-corrected chi connectivity index (χ3v) is 5.63. The molecule has 2 atom stereocenters. The highest BCUT2D eigenvalue weighted by Gasteiger charge is 2.24. The Labute approximate surface area is 177 Å². The molecule has 0 heterocycles.